The van der Waals surface area contributed by atoms with Crippen LogP contribution in [0.15, 0.2) is 36.5 Å². The molecule has 174 valence electrons. The number of anilines is 2. The van der Waals surface area contributed by atoms with Crippen molar-refractivity contribution in [2.45, 2.75) is 46.1 Å². The molecular weight excluding hydrogens is 409 g/mol. The number of hydrogen-bond acceptors (Lipinski definition) is 6. The van der Waals surface area contributed by atoms with Gasteiger partial charge in [-0.25, -0.2) is 9.78 Å². The molecule has 0 bridgehead atoms. The quantitative estimate of drug-likeness (QED) is 0.382. The van der Waals surface area contributed by atoms with Crippen LogP contribution in [0.25, 0.3) is 0 Å². The molecule has 1 aromatic carbocycles. The van der Waals surface area contributed by atoms with Gasteiger partial charge in [0.25, 0.3) is 0 Å². The highest BCUT2D eigenvalue weighted by atomic mass is 19.1. The van der Waals surface area contributed by atoms with Gasteiger partial charge in [0.1, 0.15) is 11.9 Å². The molecule has 1 saturated heterocycles. The Labute approximate surface area is 189 Å². The smallest absolute Gasteiger partial charge is 0.413 e. The van der Waals surface area contributed by atoms with Gasteiger partial charge in [0.05, 0.1) is 12.4 Å². The van der Waals surface area contributed by atoms with Gasteiger partial charge in [0.15, 0.2) is 0 Å². The van der Waals surface area contributed by atoms with Crippen molar-refractivity contribution in [2.24, 2.45) is 5.92 Å². The van der Waals surface area contributed by atoms with Crippen LogP contribution in [0.4, 0.5) is 20.7 Å². The molecule has 1 amide bonds. The monoisotopic (exact) mass is 443 g/mol. The number of nitrogen functional groups attached to an aromatic ring is 1. The van der Waals surface area contributed by atoms with Gasteiger partial charge in [-0.05, 0) is 64.3 Å². The Kier molecular flexibility index (Phi) is 10.1. The Bertz CT molecular complexity index is 898. The minimum Gasteiger partial charge on any atom is -0.441 e. The molecule has 0 saturated carbocycles. The van der Waals surface area contributed by atoms with Gasteiger partial charge in [0, 0.05) is 28.6 Å². The van der Waals surface area contributed by atoms with Crippen LogP contribution in [0.1, 0.15) is 62.8 Å². The Balaban J connectivity index is 0.000000274. The first-order valence-electron chi connectivity index (χ1n) is 11.1. The third-order valence-corrected chi connectivity index (χ3v) is 5.26. The summed E-state index contributed by atoms with van der Waals surface area (Å²) in [5.74, 6) is 1.39. The largest absolute Gasteiger partial charge is 0.441 e. The molecule has 4 rings (SSSR count). The van der Waals surface area contributed by atoms with Crippen molar-refractivity contribution in [3.8, 4) is 0 Å². The predicted molar refractivity (Wildman–Crippen MR) is 127 cm³/mol. The first-order valence-corrected chi connectivity index (χ1v) is 11.1. The van der Waals surface area contributed by atoms with E-state index in [4.69, 9.17) is 15.9 Å². The molecule has 2 unspecified atom stereocenters. The van der Waals surface area contributed by atoms with Gasteiger partial charge in [-0.1, -0.05) is 25.1 Å². The van der Waals surface area contributed by atoms with Crippen molar-refractivity contribution in [2.75, 3.05) is 30.8 Å². The zero-order valence-corrected chi connectivity index (χ0v) is 19.1. The fraction of sp³-hybridized carbons (Fsp3) is 0.458. The number of hydrogen-bond donors (Lipinski definition) is 4. The van der Waals surface area contributed by atoms with E-state index in [0.717, 1.165) is 5.92 Å². The number of alkyl halides is 1. The number of aromatic nitrogens is 1. The van der Waals surface area contributed by atoms with Gasteiger partial charge >= 0.3 is 6.09 Å². The van der Waals surface area contributed by atoms with Gasteiger partial charge in [-0.3, -0.25) is 15.1 Å². The molecule has 2 aliphatic heterocycles. The van der Waals surface area contributed by atoms with Crippen LogP contribution in [-0.4, -0.2) is 36.6 Å². The number of nitrogens with one attached hydrogen (secondary N) is 3. The second-order valence-corrected chi connectivity index (χ2v) is 7.81. The van der Waals surface area contributed by atoms with Crippen molar-refractivity contribution >= 4 is 23.3 Å². The highest BCUT2D eigenvalue weighted by Gasteiger charge is 2.28. The number of fused-ring (bicyclic) bond motifs is 1. The number of nitrogens with two attached hydrogens (primary N) is 1. The lowest BCUT2D eigenvalue weighted by atomic mass is 9.94. The minimum atomic E-state index is -0.537. The van der Waals surface area contributed by atoms with Crippen LogP contribution in [0, 0.1) is 11.3 Å². The van der Waals surface area contributed by atoms with Gasteiger partial charge < -0.3 is 15.8 Å². The molecule has 1 fully saturated rings. The molecular formula is C24H34FN5O2. The fourth-order valence-electron chi connectivity index (χ4n) is 3.61. The molecule has 0 aliphatic carbocycles. The molecule has 0 radical (unpaired) electrons. The van der Waals surface area contributed by atoms with E-state index in [1.54, 1.807) is 31.3 Å². The summed E-state index contributed by atoms with van der Waals surface area (Å²) < 4.78 is 15.4. The maximum Gasteiger partial charge on any atom is 0.413 e. The van der Waals surface area contributed by atoms with Crippen LogP contribution >= 0.6 is 0 Å². The number of nitrogens with zero attached hydrogens (tertiary/aromatic N) is 1. The lowest BCUT2D eigenvalue weighted by Crippen LogP contribution is -2.26. The van der Waals surface area contributed by atoms with Crippen molar-refractivity contribution in [3.05, 3.63) is 53.2 Å². The molecule has 8 heteroatoms. The fourth-order valence-corrected chi connectivity index (χ4v) is 3.61. The number of halogens is 1. The molecule has 2 aliphatic rings. The Hall–Kier alpha value is -3.00. The first-order chi connectivity index (χ1) is 15.4. The Morgan fingerprint density at radius 2 is 1.94 bits per heavy atom. The van der Waals surface area contributed by atoms with E-state index in [1.165, 1.54) is 39.3 Å². The third-order valence-electron chi connectivity index (χ3n) is 5.26. The van der Waals surface area contributed by atoms with Gasteiger partial charge in [0.2, 0.25) is 0 Å². The van der Waals surface area contributed by atoms with E-state index in [0.29, 0.717) is 28.2 Å². The number of benzene rings is 1. The average Bonchev–Trinajstić information content (AvgIpc) is 3.01. The number of carbonyl (C=O) groups excluding carboxylic acids is 1. The second kappa shape index (κ2) is 12.8. The molecule has 7 nitrogen and oxygen atoms in total. The highest BCUT2D eigenvalue weighted by Crippen LogP contribution is 2.33. The molecule has 5 N–H and O–H groups in total. The zero-order valence-electron chi connectivity index (χ0n) is 19.1. The van der Waals surface area contributed by atoms with Crippen LogP contribution in [0.3, 0.4) is 0 Å². The maximum atomic E-state index is 11.4. The third kappa shape index (κ3) is 7.02. The van der Waals surface area contributed by atoms with E-state index in [2.05, 4.69) is 22.5 Å². The van der Waals surface area contributed by atoms with E-state index in [-0.39, 0.29) is 12.4 Å². The Morgan fingerprint density at radius 1 is 1.22 bits per heavy atom. The zero-order chi connectivity index (χ0) is 23.5. The Morgan fingerprint density at radius 3 is 2.66 bits per heavy atom. The predicted octanol–water partition coefficient (Wildman–Crippen LogP) is 5.07. The summed E-state index contributed by atoms with van der Waals surface area (Å²) in [6.45, 7) is 7.78. The van der Waals surface area contributed by atoms with Crippen molar-refractivity contribution in [3.63, 3.8) is 0 Å². The molecule has 1 aromatic heterocycles. The van der Waals surface area contributed by atoms with E-state index in [1.807, 2.05) is 12.1 Å². The number of amides is 1. The summed E-state index contributed by atoms with van der Waals surface area (Å²) in [7, 11) is 0. The van der Waals surface area contributed by atoms with Crippen LogP contribution in [0.2, 0.25) is 0 Å². The summed E-state index contributed by atoms with van der Waals surface area (Å²) >= 11 is 0. The first kappa shape index (κ1) is 25.3. The number of ether oxygens (including phenoxy) is 1. The maximum absolute atomic E-state index is 11.4. The van der Waals surface area contributed by atoms with E-state index < -0.39 is 12.2 Å². The summed E-state index contributed by atoms with van der Waals surface area (Å²) in [6.07, 6.45) is 4.72. The van der Waals surface area contributed by atoms with Crippen molar-refractivity contribution < 1.29 is 13.9 Å². The summed E-state index contributed by atoms with van der Waals surface area (Å²) in [5, 5.41) is 14.3. The number of carbonyl (C=O) groups is 1. The molecule has 2 atom stereocenters. The lowest BCUT2D eigenvalue weighted by molar-refractivity contribution is 0.116. The number of rotatable bonds is 2. The van der Waals surface area contributed by atoms with Crippen molar-refractivity contribution in [1.82, 2.24) is 10.3 Å². The van der Waals surface area contributed by atoms with Gasteiger partial charge in [-0.2, -0.15) is 0 Å². The van der Waals surface area contributed by atoms with Crippen LogP contribution in [0.5, 0.6) is 0 Å². The lowest BCUT2D eigenvalue weighted by Gasteiger charge is -2.25. The van der Waals surface area contributed by atoms with E-state index in [9.17, 15) is 9.18 Å². The topological polar surface area (TPSA) is 113 Å². The second-order valence-electron chi connectivity index (χ2n) is 7.81. The minimum absolute atomic E-state index is 0.250. The van der Waals surface area contributed by atoms with E-state index >= 15 is 0 Å². The number of pyridine rings is 1. The average molecular weight is 444 g/mol. The SMILES string of the molecule is CC1CCCNCC1.CC1OC(=O)Nc2nccc(C(=N)c3ccccc3N)c21.CCF. The molecule has 3 heterocycles. The molecule has 0 spiro atoms. The standard InChI is InChI=1S/C15H14N4O2.C7H15N.C2H5F/c1-8-12-10(6-7-18-14(12)19-15(20)21-8)13(17)9-4-2-3-5-11(9)16;1-7-3-2-5-8-6-4-7;1-2-3/h2-8,17H,16H2,1H3,(H,18,19,20);7-8H,2-6H2,1H3;2H2,1H3. The molecule has 32 heavy (non-hydrogen) atoms. The van der Waals surface area contributed by atoms with Gasteiger partial charge in [-0.15, -0.1) is 0 Å². The normalized spacial score (nSPS) is 19.4. The highest BCUT2D eigenvalue weighted by molar-refractivity contribution is 6.15. The van der Waals surface area contributed by atoms with Crippen LogP contribution in [-0.2, 0) is 4.74 Å². The van der Waals surface area contributed by atoms with Crippen molar-refractivity contribution in [1.29, 1.82) is 5.41 Å². The van der Waals surface area contributed by atoms with Crippen LogP contribution < -0.4 is 16.4 Å². The summed E-state index contributed by atoms with van der Waals surface area (Å²) in [4.78, 5) is 15.5. The molecule has 2 aromatic rings. The summed E-state index contributed by atoms with van der Waals surface area (Å²) in [6, 6.07) is 8.91. The number of cyclic esters (lactones) is 1. The number of para-hydroxylation sites is 1. The summed E-state index contributed by atoms with van der Waals surface area (Å²) in [5.41, 5.74) is 8.70.